The fourth-order valence-electron chi connectivity index (χ4n) is 2.88. The largest absolute Gasteiger partial charge is 0.451 e. The average Bonchev–Trinajstić information content (AvgIpc) is 2.96. The summed E-state index contributed by atoms with van der Waals surface area (Å²) >= 11 is 0. The predicted molar refractivity (Wildman–Crippen MR) is 97.5 cm³/mol. The number of benzene rings is 2. The van der Waals surface area contributed by atoms with Crippen LogP contribution in [-0.4, -0.2) is 26.8 Å². The average molecular weight is 411 g/mol. The molecule has 0 spiro atoms. The number of para-hydroxylation sites is 1. The fraction of sp³-hybridized carbons (Fsp3) is 0.211. The topological polar surface area (TPSA) is 76.4 Å². The maximum absolute atomic E-state index is 13.5. The van der Waals surface area contributed by atoms with Gasteiger partial charge in [0.1, 0.15) is 5.58 Å². The van der Waals surface area contributed by atoms with E-state index in [1.54, 1.807) is 24.3 Å². The molecule has 0 aliphatic rings. The van der Waals surface area contributed by atoms with Gasteiger partial charge < -0.3 is 9.73 Å². The van der Waals surface area contributed by atoms with Crippen LogP contribution in [-0.2, 0) is 15.6 Å². The van der Waals surface area contributed by atoms with Crippen molar-refractivity contribution >= 4 is 26.7 Å². The number of carbonyl (C=O) groups is 1. The molecule has 0 saturated carbocycles. The molecule has 0 fully saturated rings. The second-order valence-corrected chi connectivity index (χ2v) is 8.47. The van der Waals surface area contributed by atoms with Gasteiger partial charge in [0.15, 0.2) is 21.6 Å². The van der Waals surface area contributed by atoms with Crippen molar-refractivity contribution in [3.05, 3.63) is 71.5 Å². The Labute approximate surface area is 159 Å². The van der Waals surface area contributed by atoms with Crippen molar-refractivity contribution in [3.63, 3.8) is 0 Å². The van der Waals surface area contributed by atoms with Crippen LogP contribution in [0.1, 0.15) is 27.7 Å². The summed E-state index contributed by atoms with van der Waals surface area (Å²) in [5, 5.41) is 2.29. The van der Waals surface area contributed by atoms with Crippen molar-refractivity contribution in [2.24, 2.45) is 0 Å². The Morgan fingerprint density at radius 1 is 1.07 bits per heavy atom. The molecule has 0 aliphatic heterocycles. The quantitative estimate of drug-likeness (QED) is 0.688. The minimum absolute atomic E-state index is 0.0320. The molecule has 28 heavy (non-hydrogen) atoms. The van der Waals surface area contributed by atoms with Gasteiger partial charge in [0.25, 0.3) is 5.91 Å². The summed E-state index contributed by atoms with van der Waals surface area (Å²) in [5.74, 6) is -2.12. The van der Waals surface area contributed by atoms with Crippen LogP contribution in [0.3, 0.4) is 0 Å². The Morgan fingerprint density at radius 3 is 2.29 bits per heavy atom. The molecule has 1 aromatic heterocycles. The molecule has 5 nitrogen and oxygen atoms in total. The van der Waals surface area contributed by atoms with E-state index in [1.165, 1.54) is 30.3 Å². The minimum Gasteiger partial charge on any atom is -0.451 e. The fourth-order valence-corrected chi connectivity index (χ4v) is 3.69. The zero-order chi connectivity index (χ0) is 20.5. The van der Waals surface area contributed by atoms with Gasteiger partial charge in [-0.3, -0.25) is 4.79 Å². The summed E-state index contributed by atoms with van der Waals surface area (Å²) < 4.78 is 69.5. The molecule has 0 saturated heterocycles. The summed E-state index contributed by atoms with van der Waals surface area (Å²) in [6, 6.07) is 10.9. The van der Waals surface area contributed by atoms with Gasteiger partial charge >= 0.3 is 6.18 Å². The monoisotopic (exact) mass is 411 g/mol. The number of hydrogen-bond donors (Lipinski definition) is 1. The van der Waals surface area contributed by atoms with Gasteiger partial charge in [0.05, 0.1) is 5.75 Å². The van der Waals surface area contributed by atoms with E-state index in [0.717, 1.165) is 6.26 Å². The normalized spacial score (nSPS) is 13.4. The summed E-state index contributed by atoms with van der Waals surface area (Å²) in [4.78, 5) is 12.7. The van der Waals surface area contributed by atoms with Crippen LogP contribution in [0.5, 0.6) is 0 Å². The van der Waals surface area contributed by atoms with Crippen LogP contribution in [0, 0.1) is 0 Å². The first kappa shape index (κ1) is 19.9. The molecule has 3 aromatic rings. The van der Waals surface area contributed by atoms with Crippen LogP contribution < -0.4 is 5.32 Å². The van der Waals surface area contributed by atoms with Gasteiger partial charge in [0, 0.05) is 17.2 Å². The maximum atomic E-state index is 13.5. The van der Waals surface area contributed by atoms with E-state index in [4.69, 9.17) is 4.42 Å². The van der Waals surface area contributed by atoms with Crippen molar-refractivity contribution in [2.75, 3.05) is 6.26 Å². The summed E-state index contributed by atoms with van der Waals surface area (Å²) in [6.45, 7) is 0. The molecule has 1 N–H and O–H groups in total. The number of furan rings is 1. The number of fused-ring (bicyclic) bond motifs is 1. The lowest BCUT2D eigenvalue weighted by Crippen LogP contribution is -2.38. The molecular formula is C19H16F3NO4S. The zero-order valence-electron chi connectivity index (χ0n) is 14.7. The highest BCUT2D eigenvalue weighted by Gasteiger charge is 2.42. The Balaban J connectivity index is 2.04. The molecule has 9 heteroatoms. The number of sulfone groups is 1. The zero-order valence-corrected chi connectivity index (χ0v) is 15.5. The Hall–Kier alpha value is -2.81. The van der Waals surface area contributed by atoms with Gasteiger partial charge in [-0.15, -0.1) is 0 Å². The van der Waals surface area contributed by atoms with E-state index in [0.29, 0.717) is 5.39 Å². The Morgan fingerprint density at radius 2 is 1.68 bits per heavy atom. The predicted octanol–water partition coefficient (Wildman–Crippen LogP) is 4.01. The summed E-state index contributed by atoms with van der Waals surface area (Å²) in [7, 11) is -3.57. The third-order valence-corrected chi connectivity index (χ3v) is 4.86. The van der Waals surface area contributed by atoms with E-state index in [-0.39, 0.29) is 16.7 Å². The number of rotatable bonds is 5. The van der Waals surface area contributed by atoms with E-state index in [2.05, 4.69) is 0 Å². The number of nitrogens with one attached hydrogen (secondary N) is 1. The van der Waals surface area contributed by atoms with Crippen molar-refractivity contribution < 1.29 is 30.8 Å². The van der Waals surface area contributed by atoms with E-state index < -0.39 is 39.5 Å². The van der Waals surface area contributed by atoms with Crippen LogP contribution >= 0.6 is 0 Å². The van der Waals surface area contributed by atoms with E-state index in [9.17, 15) is 26.4 Å². The lowest BCUT2D eigenvalue weighted by atomic mass is 10.1. The van der Waals surface area contributed by atoms with Crippen LogP contribution in [0.2, 0.25) is 0 Å². The number of alkyl halides is 3. The van der Waals surface area contributed by atoms with E-state index >= 15 is 0 Å². The Bertz CT molecular complexity index is 1110. The first-order chi connectivity index (χ1) is 13.1. The smallest absolute Gasteiger partial charge is 0.412 e. The molecule has 1 amide bonds. The summed E-state index contributed by atoms with van der Waals surface area (Å²) in [6.07, 6.45) is -3.78. The van der Waals surface area contributed by atoms with E-state index in [1.807, 2.05) is 5.32 Å². The van der Waals surface area contributed by atoms with Gasteiger partial charge in [-0.25, -0.2) is 8.42 Å². The van der Waals surface area contributed by atoms with Crippen molar-refractivity contribution in [3.8, 4) is 0 Å². The number of hydrogen-bond acceptors (Lipinski definition) is 4. The van der Waals surface area contributed by atoms with Gasteiger partial charge in [-0.05, 0) is 11.6 Å². The number of amides is 1. The highest BCUT2D eigenvalue weighted by atomic mass is 32.2. The lowest BCUT2D eigenvalue weighted by molar-refractivity contribution is -0.155. The standard InChI is InChI=1S/C19H16F3NO4S/c1-28(25,26)11-14-13-9-5-6-10-15(13)27-16(14)18(24)23-17(19(20,21)22)12-7-3-2-4-8-12/h2-10,17H,11H2,1H3,(H,23,24). The molecule has 2 aromatic carbocycles. The van der Waals surface area contributed by atoms with Crippen LogP contribution in [0.4, 0.5) is 13.2 Å². The number of carbonyl (C=O) groups excluding carboxylic acids is 1. The van der Waals surface area contributed by atoms with Crippen molar-refractivity contribution in [1.82, 2.24) is 5.32 Å². The molecule has 3 rings (SSSR count). The number of halogens is 3. The first-order valence-electron chi connectivity index (χ1n) is 8.17. The van der Waals surface area contributed by atoms with Crippen molar-refractivity contribution in [1.29, 1.82) is 0 Å². The summed E-state index contributed by atoms with van der Waals surface area (Å²) in [5.41, 5.74) is 0.100. The highest BCUT2D eigenvalue weighted by Crippen LogP contribution is 2.34. The SMILES string of the molecule is CS(=O)(=O)Cc1c(C(=O)NC(c2ccccc2)C(F)(F)F)oc2ccccc12. The van der Waals surface area contributed by atoms with Gasteiger partial charge in [0.2, 0.25) is 0 Å². The molecule has 148 valence electrons. The third-order valence-electron chi connectivity index (χ3n) is 4.05. The highest BCUT2D eigenvalue weighted by molar-refractivity contribution is 7.89. The van der Waals surface area contributed by atoms with Crippen molar-refractivity contribution in [2.45, 2.75) is 18.0 Å². The molecule has 0 aliphatic carbocycles. The van der Waals surface area contributed by atoms with Crippen LogP contribution in [0.15, 0.2) is 59.0 Å². The second kappa shape index (κ2) is 7.31. The van der Waals surface area contributed by atoms with Crippen LogP contribution in [0.25, 0.3) is 11.0 Å². The van der Waals surface area contributed by atoms with Gasteiger partial charge in [-0.1, -0.05) is 48.5 Å². The molecular weight excluding hydrogens is 395 g/mol. The molecule has 1 heterocycles. The lowest BCUT2D eigenvalue weighted by Gasteiger charge is -2.21. The molecule has 0 radical (unpaired) electrons. The maximum Gasteiger partial charge on any atom is 0.412 e. The third kappa shape index (κ3) is 4.36. The molecule has 1 unspecified atom stereocenters. The minimum atomic E-state index is -4.75. The Kier molecular flexibility index (Phi) is 5.20. The van der Waals surface area contributed by atoms with Gasteiger partial charge in [-0.2, -0.15) is 13.2 Å². The molecule has 1 atom stereocenters. The first-order valence-corrected chi connectivity index (χ1v) is 10.2. The molecule has 0 bridgehead atoms. The second-order valence-electron chi connectivity index (χ2n) is 6.33.